The first-order chi connectivity index (χ1) is 35.1. The van der Waals surface area contributed by atoms with Crippen LogP contribution in [0.1, 0.15) is 61.8 Å². The summed E-state index contributed by atoms with van der Waals surface area (Å²) in [6.45, 7) is 13.3. The number of nitrogens with zero attached hydrogens (tertiary/aromatic N) is 4. The van der Waals surface area contributed by atoms with Crippen molar-refractivity contribution in [3.8, 4) is 45.0 Å². The number of halogens is 1. The number of aryl methyl sites for hydroxylation is 2. The molecule has 0 saturated carbocycles. The topological polar surface area (TPSA) is 40.0 Å². The van der Waals surface area contributed by atoms with Crippen molar-refractivity contribution in [1.82, 2.24) is 14.1 Å². The van der Waals surface area contributed by atoms with Crippen LogP contribution in [0.25, 0.3) is 105 Å². The third-order valence-electron chi connectivity index (χ3n) is 14.0. The van der Waals surface area contributed by atoms with Gasteiger partial charge in [0.15, 0.2) is 0 Å². The summed E-state index contributed by atoms with van der Waals surface area (Å²) in [6.07, 6.45) is 5.52. The zero-order valence-electron chi connectivity index (χ0n) is 41.5. The summed E-state index contributed by atoms with van der Waals surface area (Å²) >= 11 is 0. The predicted molar refractivity (Wildman–Crippen MR) is 293 cm³/mol. The predicted octanol–water partition coefficient (Wildman–Crippen LogP) is 16.8. The smallest absolute Gasteiger partial charge is 0.501 e. The molecule has 0 spiro atoms. The number of aromatic nitrogens is 4. The van der Waals surface area contributed by atoms with Crippen molar-refractivity contribution in [2.24, 2.45) is 0 Å². The first-order valence-corrected chi connectivity index (χ1v) is 24.7. The maximum absolute atomic E-state index is 13.9. The number of imidazole rings is 2. The first-order valence-electron chi connectivity index (χ1n) is 24.7. The van der Waals surface area contributed by atoms with Crippen molar-refractivity contribution in [3.05, 3.63) is 235 Å². The Morgan fingerprint density at radius 2 is 1.22 bits per heavy atom. The fourth-order valence-electron chi connectivity index (χ4n) is 10.6. The molecule has 13 rings (SSSR count). The molecule has 7 heteroatoms. The van der Waals surface area contributed by atoms with Crippen molar-refractivity contribution in [1.29, 1.82) is 0 Å². The quantitative estimate of drug-likeness (QED) is 0.0906. The van der Waals surface area contributed by atoms with Gasteiger partial charge < -0.3 is 13.4 Å². The summed E-state index contributed by atoms with van der Waals surface area (Å²) < 4.78 is 27.0. The maximum Gasteiger partial charge on any atom is 3.00 e. The third-order valence-corrected chi connectivity index (χ3v) is 14.0. The summed E-state index contributed by atoms with van der Waals surface area (Å²) in [7, 11) is 0. The van der Waals surface area contributed by atoms with E-state index in [2.05, 4.69) is 210 Å². The summed E-state index contributed by atoms with van der Waals surface area (Å²) in [5.41, 5.74) is 18.4. The molecule has 0 aliphatic carbocycles. The average molecular weight is 1130 g/mol. The fourth-order valence-corrected chi connectivity index (χ4v) is 10.6. The molecular weight excluding hydrogens is 1080 g/mol. The number of fused-ring (bicyclic) bond motifs is 10. The summed E-state index contributed by atoms with van der Waals surface area (Å²) in [6, 6.07) is 68.9. The van der Waals surface area contributed by atoms with Crippen molar-refractivity contribution >= 4 is 60.2 Å². The molecule has 0 amide bonds. The Bertz CT molecular complexity index is 4160. The van der Waals surface area contributed by atoms with Crippen LogP contribution in [0.2, 0.25) is 0 Å². The van der Waals surface area contributed by atoms with Gasteiger partial charge in [0, 0.05) is 23.1 Å². The Morgan fingerprint density at radius 3 is 1.92 bits per heavy atom. The number of rotatable bonds is 7. The molecule has 0 atom stereocenters. The largest absolute Gasteiger partial charge is 3.00 e. The second-order valence-electron chi connectivity index (χ2n) is 19.4. The minimum Gasteiger partial charge on any atom is -0.501 e. The Morgan fingerprint density at radius 1 is 0.575 bits per heavy atom. The van der Waals surface area contributed by atoms with Crippen LogP contribution in [0.15, 0.2) is 193 Å². The van der Waals surface area contributed by atoms with Gasteiger partial charge in [0.25, 0.3) is 6.33 Å². The molecule has 13 aromatic rings. The van der Waals surface area contributed by atoms with Crippen molar-refractivity contribution in [3.63, 3.8) is 0 Å². The van der Waals surface area contributed by atoms with E-state index < -0.39 is 0 Å². The monoisotopic (exact) mass is 1130 g/mol. The van der Waals surface area contributed by atoms with E-state index >= 15 is 0 Å². The van der Waals surface area contributed by atoms with E-state index in [9.17, 15) is 4.39 Å². The van der Waals surface area contributed by atoms with Crippen LogP contribution >= 0.6 is 0 Å². The second kappa shape index (κ2) is 19.2. The Hall–Kier alpha value is -7.96. The summed E-state index contributed by atoms with van der Waals surface area (Å²) in [4.78, 5) is 5.30. The van der Waals surface area contributed by atoms with Gasteiger partial charge >= 0.3 is 20.1 Å². The molecule has 356 valence electrons. The number of para-hydroxylation sites is 3. The van der Waals surface area contributed by atoms with Crippen LogP contribution < -0.4 is 4.40 Å². The first kappa shape index (κ1) is 47.4. The van der Waals surface area contributed by atoms with E-state index in [1.54, 1.807) is 6.07 Å². The van der Waals surface area contributed by atoms with Crippen LogP contribution in [0.3, 0.4) is 0 Å². The second-order valence-corrected chi connectivity index (χ2v) is 19.4. The van der Waals surface area contributed by atoms with Gasteiger partial charge in [-0.15, -0.1) is 35.7 Å². The van der Waals surface area contributed by atoms with Gasteiger partial charge in [-0.05, 0) is 111 Å². The number of furan rings is 1. The van der Waals surface area contributed by atoms with Gasteiger partial charge in [-0.2, -0.15) is 6.07 Å². The Kier molecular flexibility index (Phi) is 12.5. The van der Waals surface area contributed by atoms with Gasteiger partial charge in [-0.3, -0.25) is 13.9 Å². The normalized spacial score (nSPS) is 11.6. The van der Waals surface area contributed by atoms with E-state index in [4.69, 9.17) is 9.40 Å². The number of pyridine rings is 1. The molecule has 0 unspecified atom stereocenters. The van der Waals surface area contributed by atoms with Gasteiger partial charge in [0.2, 0.25) is 0 Å². The van der Waals surface area contributed by atoms with Crippen molar-refractivity contribution in [2.45, 2.75) is 53.4 Å². The maximum atomic E-state index is 13.9. The molecule has 0 bridgehead atoms. The summed E-state index contributed by atoms with van der Waals surface area (Å²) in [5.74, 6) is 1.13. The minimum atomic E-state index is -0.281. The van der Waals surface area contributed by atoms with Crippen LogP contribution in [0.5, 0.6) is 0 Å². The van der Waals surface area contributed by atoms with E-state index in [-0.39, 0.29) is 37.8 Å². The molecule has 4 aromatic heterocycles. The minimum absolute atomic E-state index is 0. The zero-order valence-corrected chi connectivity index (χ0v) is 43.9. The van der Waals surface area contributed by atoms with E-state index in [1.807, 2.05) is 39.3 Å². The van der Waals surface area contributed by atoms with Crippen LogP contribution in [0.4, 0.5) is 4.39 Å². The zero-order chi connectivity index (χ0) is 49.2. The molecule has 0 fully saturated rings. The van der Waals surface area contributed by atoms with Gasteiger partial charge in [-0.1, -0.05) is 171 Å². The van der Waals surface area contributed by atoms with Gasteiger partial charge in [0.05, 0.1) is 33.6 Å². The molecule has 73 heavy (non-hydrogen) atoms. The molecule has 0 N–H and O–H groups in total. The third kappa shape index (κ3) is 8.33. The van der Waals surface area contributed by atoms with Crippen molar-refractivity contribution in [2.75, 3.05) is 0 Å². The number of hydrogen-bond donors (Lipinski definition) is 0. The Balaban J connectivity index is 0.000000180. The van der Waals surface area contributed by atoms with E-state index in [0.717, 1.165) is 82.8 Å². The molecule has 0 aliphatic heterocycles. The fraction of sp³-hybridized carbons (Fsp3) is 0.121. The van der Waals surface area contributed by atoms with Crippen LogP contribution in [-0.2, 0) is 20.1 Å². The van der Waals surface area contributed by atoms with Gasteiger partial charge in [0.1, 0.15) is 5.58 Å². The molecule has 0 saturated heterocycles. The Labute approximate surface area is 438 Å². The van der Waals surface area contributed by atoms with E-state index in [0.29, 0.717) is 0 Å². The molecule has 5 nitrogen and oxygen atoms in total. The SMILES string of the molecule is CC(C)c1cc(-c2ccccc2)cc(C(C)C)c1-n1c(-c2[c-]ccc3c2oc2cc(-c4ccccc4)ccc23)nc2ccccc21.Cc1cccc(C)c1-n1[c-][n+]2c3[c-]cc(F)cc3c3ccccc3c2c1.[Ir+3]. The number of benzene rings is 9. The van der Waals surface area contributed by atoms with Gasteiger partial charge in [-0.25, -0.2) is 0 Å². The summed E-state index contributed by atoms with van der Waals surface area (Å²) in [5, 5.41) is 5.08. The van der Waals surface area contributed by atoms with Crippen LogP contribution in [0, 0.1) is 38.1 Å². The molecule has 4 heterocycles. The molecular formula is C66H51FIrN4O+. The number of hydrogen-bond acceptors (Lipinski definition) is 2. The standard InChI is InChI=1S/C43H35N2O.C23H16FN2.Ir/c1-27(2)36-24-32(30-16-9-6-10-17-30)25-37(28(3)4)41(36)45-39-21-12-11-20-38(39)44-43(45)35-19-13-18-34-33-23-22-31(26-40(33)46-42(34)35)29-14-7-5-8-15-29;1-15-6-5-7-16(2)23(15)25-13-22-19-9-4-3-8-18(19)20-12-17(24)10-11-21(20)26(22)14-25;/h5-18,20-28H,1-4H3;3-10,12-13H,1-2H3;/q2*-1;+3. The van der Waals surface area contributed by atoms with Crippen molar-refractivity contribution < 1.29 is 33.3 Å². The van der Waals surface area contributed by atoms with E-state index in [1.165, 1.54) is 50.7 Å². The van der Waals surface area contributed by atoms with Crippen LogP contribution in [-0.4, -0.2) is 14.1 Å². The molecule has 9 aromatic carbocycles. The average Bonchev–Trinajstić information content (AvgIpc) is 4.13. The molecule has 0 aliphatic rings. The molecule has 0 radical (unpaired) electrons.